The van der Waals surface area contributed by atoms with Gasteiger partial charge in [-0.15, -0.1) is 0 Å². The Morgan fingerprint density at radius 2 is 2.38 bits per heavy atom. The number of nitrogens with zero attached hydrogens (tertiary/aromatic N) is 2. The summed E-state index contributed by atoms with van der Waals surface area (Å²) in [6, 6.07) is 0. The Morgan fingerprint density at radius 1 is 1.62 bits per heavy atom. The van der Waals surface area contributed by atoms with Gasteiger partial charge in [-0.05, 0) is 12.3 Å². The van der Waals surface area contributed by atoms with E-state index >= 15 is 0 Å². The third kappa shape index (κ3) is 2.77. The third-order valence-corrected chi connectivity index (χ3v) is 0.902. The second-order valence-corrected chi connectivity index (χ2v) is 1.70. The molecule has 1 aliphatic rings. The van der Waals surface area contributed by atoms with E-state index in [9.17, 15) is 0 Å². The van der Waals surface area contributed by atoms with E-state index in [4.69, 9.17) is 12.8 Å². The van der Waals surface area contributed by atoms with Crippen molar-refractivity contribution in [2.24, 2.45) is 4.99 Å². The van der Waals surface area contributed by atoms with Crippen LogP contribution in [0.25, 0.3) is 0 Å². The molecule has 0 amide bonds. The first-order valence-corrected chi connectivity index (χ1v) is 2.36. The smallest absolute Gasteiger partial charge is 0.666 e. The fraction of sp³-hybridized carbons (Fsp3) is 0.250. The normalized spacial score (nSPS) is 15.9. The van der Waals surface area contributed by atoms with E-state index in [2.05, 4.69) is 4.99 Å². The molecule has 0 atom stereocenters. The number of aliphatic imine (C=N–C) groups is 1. The molecule has 0 saturated carbocycles. The van der Waals surface area contributed by atoms with E-state index in [0.717, 1.165) is 0 Å². The Bertz CT molecular complexity index is 113. The molecule has 0 N–H and O–H groups in total. The molecule has 4 heteroatoms. The molecule has 0 saturated heterocycles. The van der Waals surface area contributed by atoms with Gasteiger partial charge in [0.15, 0.2) is 0 Å². The van der Waals surface area contributed by atoms with Crippen molar-refractivity contribution < 1.29 is 29.6 Å². The van der Waals surface area contributed by atoms with E-state index in [-0.39, 0.29) is 29.6 Å². The van der Waals surface area contributed by atoms with Gasteiger partial charge in [0.25, 0.3) is 0 Å². The Hall–Kier alpha value is 0.560. The number of hydrogen-bond acceptors (Lipinski definition) is 3. The number of hydrogen-bond donors (Lipinski definition) is 0. The van der Waals surface area contributed by atoms with Gasteiger partial charge in [-0.3, -0.25) is 4.99 Å². The van der Waals surface area contributed by atoms with Crippen LogP contribution in [0.3, 0.4) is 0 Å². The van der Waals surface area contributed by atoms with Crippen LogP contribution in [0.2, 0.25) is 0 Å². The summed E-state index contributed by atoms with van der Waals surface area (Å²) in [7, 11) is 0. The minimum Gasteiger partial charge on any atom is -0.666 e. The van der Waals surface area contributed by atoms with Crippen LogP contribution in [-0.4, -0.2) is 17.2 Å². The summed E-state index contributed by atoms with van der Waals surface area (Å²) < 4.78 is 1.60. The van der Waals surface area contributed by atoms with Gasteiger partial charge in [0.05, 0.1) is 6.67 Å². The SMILES string of the molecule is [Na+].[S-]N1C=CC=NC1. The van der Waals surface area contributed by atoms with Gasteiger partial charge in [-0.2, -0.15) is 0 Å². The largest absolute Gasteiger partial charge is 1.00 e. The van der Waals surface area contributed by atoms with Crippen LogP contribution < -0.4 is 29.6 Å². The molecule has 0 spiro atoms. The molecule has 0 aliphatic carbocycles. The monoisotopic (exact) mass is 136 g/mol. The molecule has 0 aromatic carbocycles. The molecule has 1 heterocycles. The zero-order chi connectivity index (χ0) is 5.11. The Morgan fingerprint density at radius 3 is 2.62 bits per heavy atom. The minimum atomic E-state index is 0. The van der Waals surface area contributed by atoms with Crippen molar-refractivity contribution in [3.8, 4) is 0 Å². The van der Waals surface area contributed by atoms with Crippen molar-refractivity contribution >= 4 is 19.0 Å². The van der Waals surface area contributed by atoms with Gasteiger partial charge >= 0.3 is 29.6 Å². The van der Waals surface area contributed by atoms with Crippen molar-refractivity contribution in [1.82, 2.24) is 4.31 Å². The van der Waals surface area contributed by atoms with Crippen LogP contribution in [0.4, 0.5) is 0 Å². The summed E-state index contributed by atoms with van der Waals surface area (Å²) in [5.41, 5.74) is 0. The van der Waals surface area contributed by atoms with Crippen LogP contribution in [-0.2, 0) is 12.8 Å². The van der Waals surface area contributed by atoms with E-state index in [0.29, 0.717) is 6.67 Å². The van der Waals surface area contributed by atoms with E-state index < -0.39 is 0 Å². The molecule has 0 aromatic rings. The van der Waals surface area contributed by atoms with Crippen molar-refractivity contribution in [2.75, 3.05) is 6.67 Å². The fourth-order valence-corrected chi connectivity index (χ4v) is 0.507. The zero-order valence-corrected chi connectivity index (χ0v) is 7.56. The number of allylic oxidation sites excluding steroid dienone is 1. The molecule has 1 rings (SSSR count). The summed E-state index contributed by atoms with van der Waals surface area (Å²) in [5.74, 6) is 0. The van der Waals surface area contributed by atoms with Crippen LogP contribution in [0.15, 0.2) is 17.3 Å². The summed E-state index contributed by atoms with van der Waals surface area (Å²) >= 11 is 4.72. The molecule has 0 aromatic heterocycles. The van der Waals surface area contributed by atoms with Gasteiger partial charge in [0.2, 0.25) is 0 Å². The van der Waals surface area contributed by atoms with Crippen molar-refractivity contribution in [3.05, 3.63) is 12.3 Å². The first-order chi connectivity index (χ1) is 3.39. The maximum atomic E-state index is 4.72. The quantitative estimate of drug-likeness (QED) is 0.266. The molecule has 0 radical (unpaired) electrons. The van der Waals surface area contributed by atoms with Crippen LogP contribution in [0, 0.1) is 0 Å². The summed E-state index contributed by atoms with van der Waals surface area (Å²) in [6.45, 7) is 0.617. The number of rotatable bonds is 0. The van der Waals surface area contributed by atoms with Gasteiger partial charge in [-0.1, -0.05) is 0 Å². The maximum Gasteiger partial charge on any atom is 1.00 e. The zero-order valence-electron chi connectivity index (χ0n) is 4.74. The first kappa shape index (κ1) is 8.56. The molecule has 0 unspecified atom stereocenters. The first-order valence-electron chi connectivity index (χ1n) is 2.00. The Kier molecular flexibility index (Phi) is 4.75. The standard InChI is InChI=1S/C4H5N2S.Na/c7-6-3-1-2-5-4-6;/h1-3H,4H2;/q-1;+1. The topological polar surface area (TPSA) is 15.6 Å². The average molecular weight is 136 g/mol. The van der Waals surface area contributed by atoms with Crippen LogP contribution in [0.1, 0.15) is 0 Å². The Balaban J connectivity index is 0.000000490. The maximum absolute atomic E-state index is 4.72. The Labute approximate surface area is 76.5 Å². The molecule has 8 heavy (non-hydrogen) atoms. The van der Waals surface area contributed by atoms with Gasteiger partial charge in [0.1, 0.15) is 0 Å². The van der Waals surface area contributed by atoms with E-state index in [1.165, 1.54) is 0 Å². The molecule has 0 fully saturated rings. The van der Waals surface area contributed by atoms with Crippen LogP contribution in [0.5, 0.6) is 0 Å². The van der Waals surface area contributed by atoms with E-state index in [1.807, 2.05) is 12.3 Å². The van der Waals surface area contributed by atoms with Gasteiger partial charge in [-0.25, -0.2) is 0 Å². The summed E-state index contributed by atoms with van der Waals surface area (Å²) in [5, 5.41) is 0. The van der Waals surface area contributed by atoms with Gasteiger partial charge in [0, 0.05) is 6.21 Å². The van der Waals surface area contributed by atoms with Crippen molar-refractivity contribution in [3.63, 3.8) is 0 Å². The van der Waals surface area contributed by atoms with Gasteiger partial charge < -0.3 is 17.1 Å². The fourth-order valence-electron chi connectivity index (χ4n) is 0.370. The predicted molar refractivity (Wildman–Crippen MR) is 31.7 cm³/mol. The molecule has 38 valence electrons. The molecular formula is C4H5N2NaS. The average Bonchev–Trinajstić information content (AvgIpc) is 1.69. The molecule has 1 aliphatic heterocycles. The van der Waals surface area contributed by atoms with Crippen molar-refractivity contribution in [1.29, 1.82) is 0 Å². The minimum absolute atomic E-state index is 0. The predicted octanol–water partition coefficient (Wildman–Crippen LogP) is -2.69. The van der Waals surface area contributed by atoms with Crippen molar-refractivity contribution in [2.45, 2.75) is 0 Å². The van der Waals surface area contributed by atoms with E-state index in [1.54, 1.807) is 10.5 Å². The molecule has 2 nitrogen and oxygen atoms in total. The summed E-state index contributed by atoms with van der Waals surface area (Å²) in [6.07, 6.45) is 5.36. The molecule has 0 bridgehead atoms. The summed E-state index contributed by atoms with van der Waals surface area (Å²) in [4.78, 5) is 3.87. The molecular weight excluding hydrogens is 131 g/mol. The van der Waals surface area contributed by atoms with Crippen LogP contribution >= 0.6 is 0 Å². The second-order valence-electron chi connectivity index (χ2n) is 1.23. The second kappa shape index (κ2) is 4.44. The third-order valence-electron chi connectivity index (χ3n) is 0.665.